The number of nitrogens with two attached hydrogens (primary N) is 1. The van der Waals surface area contributed by atoms with Gasteiger partial charge in [-0.3, -0.25) is 4.79 Å². The van der Waals surface area contributed by atoms with E-state index in [1.807, 2.05) is 4.90 Å². The van der Waals surface area contributed by atoms with Crippen molar-refractivity contribution in [2.24, 2.45) is 11.7 Å². The van der Waals surface area contributed by atoms with Gasteiger partial charge in [-0.25, -0.2) is 0 Å². The summed E-state index contributed by atoms with van der Waals surface area (Å²) in [5.41, 5.74) is 5.75. The Morgan fingerprint density at radius 2 is 2.06 bits per heavy atom. The molecule has 0 bridgehead atoms. The van der Waals surface area contributed by atoms with Crippen LogP contribution in [0.1, 0.15) is 12.8 Å². The van der Waals surface area contributed by atoms with Gasteiger partial charge in [0.1, 0.15) is 6.04 Å². The summed E-state index contributed by atoms with van der Waals surface area (Å²) in [6.07, 6.45) is 2.15. The highest BCUT2D eigenvalue weighted by Gasteiger charge is 2.26. The van der Waals surface area contributed by atoms with E-state index in [1.54, 1.807) is 7.11 Å². The molecule has 1 fully saturated rings. The van der Waals surface area contributed by atoms with Crippen molar-refractivity contribution in [3.8, 4) is 0 Å². The second-order valence-corrected chi connectivity index (χ2v) is 5.09. The van der Waals surface area contributed by atoms with Crippen LogP contribution in [0.15, 0.2) is 0 Å². The lowest BCUT2D eigenvalue weighted by molar-refractivity contribution is -0.135. The van der Waals surface area contributed by atoms with Crippen LogP contribution in [0.5, 0.6) is 0 Å². The second-order valence-electron chi connectivity index (χ2n) is 5.09. The van der Waals surface area contributed by atoms with E-state index in [2.05, 4.69) is 19.0 Å². The zero-order chi connectivity index (χ0) is 12.8. The third kappa shape index (κ3) is 4.61. The number of nitrogens with zero attached hydrogens (tertiary/aromatic N) is 2. The van der Waals surface area contributed by atoms with Crippen LogP contribution >= 0.6 is 0 Å². The first-order valence-electron chi connectivity index (χ1n) is 6.22. The largest absolute Gasteiger partial charge is 0.383 e. The number of carbonyl (C=O) groups is 1. The Kier molecular flexibility index (Phi) is 5.88. The Bertz CT molecular complexity index is 238. The molecule has 0 aromatic carbocycles. The van der Waals surface area contributed by atoms with E-state index in [9.17, 15) is 4.79 Å². The maximum atomic E-state index is 11.9. The number of hydrogen-bond donors (Lipinski definition) is 1. The molecule has 0 aromatic rings. The standard InChI is InChI=1S/C12H25N3O2/c1-14(2)8-10-4-6-15(7-5-10)12(16)11(13)9-17-3/h10-11H,4-9,13H2,1-3H3. The van der Waals surface area contributed by atoms with Crippen LogP contribution in [0.2, 0.25) is 0 Å². The molecular weight excluding hydrogens is 218 g/mol. The minimum Gasteiger partial charge on any atom is -0.383 e. The minimum absolute atomic E-state index is 0.0233. The first-order chi connectivity index (χ1) is 8.04. The number of amides is 1. The summed E-state index contributed by atoms with van der Waals surface area (Å²) in [6, 6.07) is -0.509. The van der Waals surface area contributed by atoms with E-state index in [0.29, 0.717) is 12.5 Å². The number of piperidine rings is 1. The SMILES string of the molecule is COCC(N)C(=O)N1CCC(CN(C)C)CC1. The fourth-order valence-electron chi connectivity index (χ4n) is 2.34. The Balaban J connectivity index is 2.33. The fraction of sp³-hybridized carbons (Fsp3) is 0.917. The number of likely N-dealkylation sites (tertiary alicyclic amines) is 1. The van der Waals surface area contributed by atoms with E-state index in [1.165, 1.54) is 0 Å². The molecule has 1 unspecified atom stereocenters. The first-order valence-corrected chi connectivity index (χ1v) is 6.22. The summed E-state index contributed by atoms with van der Waals surface area (Å²) in [6.45, 7) is 3.06. The molecule has 1 aliphatic rings. The van der Waals surface area contributed by atoms with Crippen LogP contribution in [0.3, 0.4) is 0 Å². The molecule has 1 aliphatic heterocycles. The molecule has 17 heavy (non-hydrogen) atoms. The smallest absolute Gasteiger partial charge is 0.241 e. The maximum absolute atomic E-state index is 11.9. The lowest BCUT2D eigenvalue weighted by Gasteiger charge is -2.34. The van der Waals surface area contributed by atoms with Crippen molar-refractivity contribution >= 4 is 5.91 Å². The molecule has 1 saturated heterocycles. The van der Waals surface area contributed by atoms with Gasteiger partial charge in [0, 0.05) is 26.7 Å². The molecule has 5 nitrogen and oxygen atoms in total. The number of methoxy groups -OCH3 is 1. The van der Waals surface area contributed by atoms with E-state index in [0.717, 1.165) is 32.5 Å². The first kappa shape index (κ1) is 14.4. The van der Waals surface area contributed by atoms with Gasteiger partial charge in [0.25, 0.3) is 0 Å². The van der Waals surface area contributed by atoms with E-state index in [4.69, 9.17) is 10.5 Å². The summed E-state index contributed by atoms with van der Waals surface area (Å²) >= 11 is 0. The number of hydrogen-bond acceptors (Lipinski definition) is 4. The van der Waals surface area contributed by atoms with Crippen molar-refractivity contribution < 1.29 is 9.53 Å². The van der Waals surface area contributed by atoms with Crippen LogP contribution in [-0.4, -0.2) is 69.2 Å². The van der Waals surface area contributed by atoms with Gasteiger partial charge in [0.15, 0.2) is 0 Å². The van der Waals surface area contributed by atoms with Gasteiger partial charge in [-0.15, -0.1) is 0 Å². The molecule has 100 valence electrons. The van der Waals surface area contributed by atoms with Crippen LogP contribution in [0.4, 0.5) is 0 Å². The summed E-state index contributed by atoms with van der Waals surface area (Å²) in [5.74, 6) is 0.725. The van der Waals surface area contributed by atoms with Gasteiger partial charge < -0.3 is 20.3 Å². The van der Waals surface area contributed by atoms with Crippen molar-refractivity contribution in [1.29, 1.82) is 0 Å². The molecular formula is C12H25N3O2. The zero-order valence-electron chi connectivity index (χ0n) is 11.2. The van der Waals surface area contributed by atoms with Crippen LogP contribution in [-0.2, 0) is 9.53 Å². The molecule has 2 N–H and O–H groups in total. The molecule has 0 aliphatic carbocycles. The second kappa shape index (κ2) is 6.93. The third-order valence-corrected chi connectivity index (χ3v) is 3.21. The predicted octanol–water partition coefficient (Wildman–Crippen LogP) is -0.240. The van der Waals surface area contributed by atoms with Gasteiger partial charge >= 0.3 is 0 Å². The van der Waals surface area contributed by atoms with Crippen LogP contribution in [0.25, 0.3) is 0 Å². The number of rotatable bonds is 5. The highest BCUT2D eigenvalue weighted by Crippen LogP contribution is 2.18. The molecule has 0 aromatic heterocycles. The Hall–Kier alpha value is -0.650. The molecule has 5 heteroatoms. The summed E-state index contributed by atoms with van der Waals surface area (Å²) < 4.78 is 4.91. The summed E-state index contributed by atoms with van der Waals surface area (Å²) in [4.78, 5) is 16.0. The topological polar surface area (TPSA) is 58.8 Å². The van der Waals surface area contributed by atoms with Crippen molar-refractivity contribution in [2.75, 3.05) is 47.4 Å². The van der Waals surface area contributed by atoms with Gasteiger partial charge in [-0.1, -0.05) is 0 Å². The molecule has 0 saturated carbocycles. The molecule has 1 rings (SSSR count). The lowest BCUT2D eigenvalue weighted by atomic mass is 9.96. The zero-order valence-corrected chi connectivity index (χ0v) is 11.2. The van der Waals surface area contributed by atoms with Crippen molar-refractivity contribution in [3.63, 3.8) is 0 Å². The summed E-state index contributed by atoms with van der Waals surface area (Å²) in [5, 5.41) is 0. The molecule has 1 amide bonds. The predicted molar refractivity (Wildman–Crippen MR) is 67.7 cm³/mol. The van der Waals surface area contributed by atoms with Crippen molar-refractivity contribution in [3.05, 3.63) is 0 Å². The van der Waals surface area contributed by atoms with E-state index >= 15 is 0 Å². The molecule has 0 radical (unpaired) electrons. The van der Waals surface area contributed by atoms with E-state index in [-0.39, 0.29) is 5.91 Å². The van der Waals surface area contributed by atoms with Crippen LogP contribution < -0.4 is 5.73 Å². The third-order valence-electron chi connectivity index (χ3n) is 3.21. The quantitative estimate of drug-likeness (QED) is 0.724. The highest BCUT2D eigenvalue weighted by atomic mass is 16.5. The average Bonchev–Trinajstić information content (AvgIpc) is 2.28. The maximum Gasteiger partial charge on any atom is 0.241 e. The number of ether oxygens (including phenoxy) is 1. The summed E-state index contributed by atoms with van der Waals surface area (Å²) in [7, 11) is 5.74. The van der Waals surface area contributed by atoms with Crippen LogP contribution in [0, 0.1) is 5.92 Å². The minimum atomic E-state index is -0.509. The van der Waals surface area contributed by atoms with Crippen molar-refractivity contribution in [1.82, 2.24) is 9.80 Å². The molecule has 0 spiro atoms. The van der Waals surface area contributed by atoms with E-state index < -0.39 is 6.04 Å². The molecule has 1 atom stereocenters. The molecule has 1 heterocycles. The Morgan fingerprint density at radius 1 is 1.47 bits per heavy atom. The average molecular weight is 243 g/mol. The van der Waals surface area contributed by atoms with Gasteiger partial charge in [0.2, 0.25) is 5.91 Å². The van der Waals surface area contributed by atoms with Gasteiger partial charge in [0.05, 0.1) is 6.61 Å². The fourth-order valence-corrected chi connectivity index (χ4v) is 2.34. The van der Waals surface area contributed by atoms with Crippen molar-refractivity contribution in [2.45, 2.75) is 18.9 Å². The monoisotopic (exact) mass is 243 g/mol. The lowest BCUT2D eigenvalue weighted by Crippen LogP contribution is -2.49. The Morgan fingerprint density at radius 3 is 2.53 bits per heavy atom. The normalized spacial score (nSPS) is 19.7. The van der Waals surface area contributed by atoms with Gasteiger partial charge in [-0.2, -0.15) is 0 Å². The Labute approximate surface area is 104 Å². The highest BCUT2D eigenvalue weighted by molar-refractivity contribution is 5.81. The van der Waals surface area contributed by atoms with Gasteiger partial charge in [-0.05, 0) is 32.9 Å². The number of carbonyl (C=O) groups excluding carboxylic acids is 1.